The highest BCUT2D eigenvalue weighted by Crippen LogP contribution is 2.19. The van der Waals surface area contributed by atoms with Crippen LogP contribution in [-0.4, -0.2) is 71.3 Å². The van der Waals surface area contributed by atoms with Gasteiger partial charge < -0.3 is 15.5 Å². The summed E-state index contributed by atoms with van der Waals surface area (Å²) in [6.07, 6.45) is 1.07. The summed E-state index contributed by atoms with van der Waals surface area (Å²) in [6.45, 7) is 4.63. The summed E-state index contributed by atoms with van der Waals surface area (Å²) in [5.41, 5.74) is 0. The van der Waals surface area contributed by atoms with Gasteiger partial charge in [0.05, 0.1) is 13.8 Å². The number of carbonyl (C=O) groups is 5. The summed E-state index contributed by atoms with van der Waals surface area (Å²) in [6, 6.07) is -1.23. The van der Waals surface area contributed by atoms with E-state index in [0.717, 1.165) is 6.42 Å². The summed E-state index contributed by atoms with van der Waals surface area (Å²) >= 11 is 0. The van der Waals surface area contributed by atoms with Crippen LogP contribution in [0.1, 0.15) is 53.7 Å². The van der Waals surface area contributed by atoms with Crippen LogP contribution in [0.2, 0.25) is 0 Å². The Kier molecular flexibility index (Phi) is 7.35. The molecule has 0 aliphatic carbocycles. The molecular formula is C18H28N4O6. The van der Waals surface area contributed by atoms with Gasteiger partial charge in [0.1, 0.15) is 0 Å². The van der Waals surface area contributed by atoms with Crippen LogP contribution in [0.4, 0.5) is 0 Å². The van der Waals surface area contributed by atoms with Gasteiger partial charge in [0.15, 0.2) is 0 Å². The maximum Gasteiger partial charge on any atom is 0.334 e. The van der Waals surface area contributed by atoms with E-state index in [9.17, 15) is 24.0 Å². The summed E-state index contributed by atoms with van der Waals surface area (Å²) in [7, 11) is 0. The molecule has 28 heavy (non-hydrogen) atoms. The SMILES string of the molecule is [2H]C1(C(=O)NCCC(=O)[15NH]C[13CH2][13C](=O)ON2C(=O)CCC2=O)CCCN1[13CH]([13CH3])[13CH3]. The molecular weight excluding hydrogens is 374 g/mol. The molecule has 1 unspecified atom stereocenters. The number of hydrogen-bond acceptors (Lipinski definition) is 7. The topological polar surface area (TPSA) is 125 Å². The first-order valence-electron chi connectivity index (χ1n) is 10.0. The van der Waals surface area contributed by atoms with Crippen LogP contribution in [0.15, 0.2) is 0 Å². The molecule has 0 aromatic rings. The van der Waals surface area contributed by atoms with Gasteiger partial charge in [0, 0.05) is 38.4 Å². The molecule has 0 aromatic heterocycles. The molecule has 0 aromatic carbocycles. The molecule has 2 rings (SSSR count). The van der Waals surface area contributed by atoms with Crippen molar-refractivity contribution in [3.05, 3.63) is 0 Å². The van der Waals surface area contributed by atoms with Crippen LogP contribution >= 0.6 is 0 Å². The summed E-state index contributed by atoms with van der Waals surface area (Å²) in [5.74, 6) is -2.71. The third-order valence-corrected chi connectivity index (χ3v) is 4.53. The van der Waals surface area contributed by atoms with Crippen molar-refractivity contribution in [2.45, 2.75) is 64.4 Å². The Bertz CT molecular complexity index is 669. The monoisotopic (exact) mass is 403 g/mol. The largest absolute Gasteiger partial charge is 0.355 e. The summed E-state index contributed by atoms with van der Waals surface area (Å²) in [5, 5.41) is 5.60. The fraction of sp³-hybridized carbons (Fsp3) is 0.722. The van der Waals surface area contributed by atoms with E-state index in [4.69, 9.17) is 1.37 Å². The van der Waals surface area contributed by atoms with E-state index in [1.54, 1.807) is 0 Å². The van der Waals surface area contributed by atoms with Crippen molar-refractivity contribution in [1.29, 1.82) is 0 Å². The van der Waals surface area contributed by atoms with Gasteiger partial charge in [-0.05, 0) is 33.2 Å². The van der Waals surface area contributed by atoms with Crippen LogP contribution in [-0.2, 0) is 28.8 Å². The second-order valence-corrected chi connectivity index (χ2v) is 6.99. The number of nitrogens with one attached hydrogen (secondary N) is 2. The Hall–Kier alpha value is -2.49. The van der Waals surface area contributed by atoms with Crippen LogP contribution in [0.25, 0.3) is 0 Å². The summed E-state index contributed by atoms with van der Waals surface area (Å²) < 4.78 is 8.45. The Labute approximate surface area is 165 Å². The molecule has 156 valence electrons. The predicted octanol–water partition coefficient (Wildman–Crippen LogP) is -0.521. The van der Waals surface area contributed by atoms with Crippen molar-refractivity contribution in [3.63, 3.8) is 0 Å². The normalized spacial score (nSPS) is 23.1. The standard InChI is InChI=1S/C18H28N4O6/c1-12(2)21-11-3-4-13(21)18(27)20-9-7-14(23)19-10-8-17(26)28-22-15(24)5-6-16(22)25/h12-13H,3-11H2,1-2H3,(H,19,23)(H,20,27)/i1+1,2+1,8+1,12+1,13D,17+1,19+1. The molecule has 10 nitrogen and oxygen atoms in total. The number of nitrogens with zero attached hydrogens (tertiary/aromatic N) is 2. The van der Waals surface area contributed by atoms with Crippen molar-refractivity contribution in [1.82, 2.24) is 20.6 Å². The van der Waals surface area contributed by atoms with Crippen molar-refractivity contribution >= 4 is 29.6 Å². The highest BCUT2D eigenvalue weighted by atomic mass is 16.8. The van der Waals surface area contributed by atoms with Crippen LogP contribution in [0.5, 0.6) is 0 Å². The molecule has 2 aliphatic heterocycles. The van der Waals surface area contributed by atoms with E-state index in [0.29, 0.717) is 18.0 Å². The first-order valence-corrected chi connectivity index (χ1v) is 9.53. The molecule has 0 saturated carbocycles. The van der Waals surface area contributed by atoms with E-state index in [-0.39, 0.29) is 50.7 Å². The minimum atomic E-state index is -1.31. The number of rotatable bonds is 9. The van der Waals surface area contributed by atoms with Gasteiger partial charge in [0.2, 0.25) is 11.8 Å². The lowest BCUT2D eigenvalue weighted by atomic mass is 10.2. The molecule has 2 N–H and O–H groups in total. The zero-order chi connectivity index (χ0) is 21.6. The molecule has 0 bridgehead atoms. The zero-order valence-electron chi connectivity index (χ0n) is 17.3. The maximum absolute atomic E-state index is 12.4. The van der Waals surface area contributed by atoms with Crippen LogP contribution in [0, 0.1) is 0 Å². The number of likely N-dealkylation sites (tertiary alicyclic amines) is 1. The highest BCUT2D eigenvalue weighted by Gasteiger charge is 2.33. The summed E-state index contributed by atoms with van der Waals surface area (Å²) in [4.78, 5) is 65.1. The van der Waals surface area contributed by atoms with E-state index >= 15 is 0 Å². The van der Waals surface area contributed by atoms with Crippen LogP contribution < -0.4 is 10.6 Å². The van der Waals surface area contributed by atoms with E-state index in [1.807, 2.05) is 18.7 Å². The van der Waals surface area contributed by atoms with Gasteiger partial charge in [-0.2, -0.15) is 0 Å². The van der Waals surface area contributed by atoms with Crippen molar-refractivity contribution in [3.8, 4) is 0 Å². The Morgan fingerprint density at radius 3 is 2.43 bits per heavy atom. The molecule has 0 spiro atoms. The first-order chi connectivity index (χ1) is 13.6. The third kappa shape index (κ3) is 6.01. The molecule has 10 heteroatoms. The first kappa shape index (κ1) is 20.2. The van der Waals surface area contributed by atoms with Gasteiger partial charge in [-0.15, -0.1) is 5.06 Å². The Morgan fingerprint density at radius 2 is 1.79 bits per heavy atom. The van der Waals surface area contributed by atoms with Gasteiger partial charge in [-0.25, -0.2) is 4.79 Å². The minimum absolute atomic E-state index is 0.00163. The molecule has 1 atom stereocenters. The molecule has 2 fully saturated rings. The smallest absolute Gasteiger partial charge is 0.334 e. The highest BCUT2D eigenvalue weighted by molar-refractivity contribution is 6.01. The van der Waals surface area contributed by atoms with Gasteiger partial charge in [-0.3, -0.25) is 24.1 Å². The molecule has 4 amide bonds. The van der Waals surface area contributed by atoms with Gasteiger partial charge in [-0.1, -0.05) is 0 Å². The van der Waals surface area contributed by atoms with Crippen molar-refractivity contribution in [2.24, 2.45) is 0 Å². The van der Waals surface area contributed by atoms with E-state index in [1.165, 1.54) is 0 Å². The number of hydrogen-bond donors (Lipinski definition) is 2. The third-order valence-electron chi connectivity index (χ3n) is 4.53. The lowest BCUT2D eigenvalue weighted by molar-refractivity contribution is -0.197. The molecule has 2 saturated heterocycles. The number of carbonyl (C=O) groups excluding carboxylic acids is 5. The molecule has 0 radical (unpaired) electrons. The van der Waals surface area contributed by atoms with E-state index < -0.39 is 29.7 Å². The second-order valence-electron chi connectivity index (χ2n) is 6.99. The Balaban J connectivity index is 1.63. The lowest BCUT2D eigenvalue weighted by Gasteiger charge is -2.27. The maximum atomic E-state index is 12.4. The zero-order valence-corrected chi connectivity index (χ0v) is 16.3. The Morgan fingerprint density at radius 1 is 1.14 bits per heavy atom. The second kappa shape index (κ2) is 10.2. The number of amides is 4. The quantitative estimate of drug-likeness (QED) is 0.301. The van der Waals surface area contributed by atoms with Crippen molar-refractivity contribution in [2.75, 3.05) is 19.6 Å². The minimum Gasteiger partial charge on any atom is -0.355 e. The predicted molar refractivity (Wildman–Crippen MR) is 97.3 cm³/mol. The van der Waals surface area contributed by atoms with Gasteiger partial charge in [0.25, 0.3) is 11.8 Å². The van der Waals surface area contributed by atoms with E-state index in [2.05, 4.69) is 15.5 Å². The lowest BCUT2D eigenvalue weighted by Crippen LogP contribution is -2.46. The fourth-order valence-corrected chi connectivity index (χ4v) is 3.10. The average Bonchev–Trinajstić information content (AvgIpc) is 3.20. The fourth-order valence-electron chi connectivity index (χ4n) is 3.10. The number of hydroxylamine groups is 2. The average molecular weight is 403 g/mol. The molecule has 2 heterocycles. The van der Waals surface area contributed by atoms with Crippen LogP contribution in [0.3, 0.4) is 0 Å². The van der Waals surface area contributed by atoms with Gasteiger partial charge >= 0.3 is 5.97 Å². The van der Waals surface area contributed by atoms with Crippen molar-refractivity contribution < 1.29 is 30.2 Å². The number of imide groups is 1. The molecule has 2 aliphatic rings.